The molecule has 2 aromatic carbocycles. The number of fused-ring (bicyclic) bond motifs is 1. The molecule has 0 fully saturated rings. The van der Waals surface area contributed by atoms with E-state index in [1.165, 1.54) is 16.7 Å². The molecule has 130 valence electrons. The lowest BCUT2D eigenvalue weighted by atomic mass is 10.1. The number of hydrogen-bond acceptors (Lipinski definition) is 5. The van der Waals surface area contributed by atoms with Gasteiger partial charge < -0.3 is 4.74 Å². The number of aryl methyl sites for hydroxylation is 1. The summed E-state index contributed by atoms with van der Waals surface area (Å²) in [7, 11) is 0. The zero-order valence-corrected chi connectivity index (χ0v) is 16.0. The van der Waals surface area contributed by atoms with Gasteiger partial charge >= 0.3 is 0 Å². The van der Waals surface area contributed by atoms with Crippen molar-refractivity contribution in [1.82, 2.24) is 9.97 Å². The quantitative estimate of drug-likeness (QED) is 0.240. The molecule has 3 nitrogen and oxygen atoms in total. The van der Waals surface area contributed by atoms with Gasteiger partial charge in [-0.2, -0.15) is 0 Å². The predicted octanol–water partition coefficient (Wildman–Crippen LogP) is 5.84. The average Bonchev–Trinajstić information content (AvgIpc) is 3.12. The molecule has 2 heterocycles. The smallest absolute Gasteiger partial charge is 0.128 e. The monoisotopic (exact) mass is 378 g/mol. The summed E-state index contributed by atoms with van der Waals surface area (Å²) in [5, 5.41) is 4.34. The zero-order chi connectivity index (χ0) is 17.8. The minimum absolute atomic E-state index is 0.643. The summed E-state index contributed by atoms with van der Waals surface area (Å²) in [6.45, 7) is 2.75. The Hall–Kier alpha value is -2.37. The molecule has 0 saturated heterocycles. The molecular weight excluding hydrogens is 360 g/mol. The van der Waals surface area contributed by atoms with Crippen LogP contribution in [0.15, 0.2) is 71.3 Å². The predicted molar refractivity (Wildman–Crippen MR) is 110 cm³/mol. The van der Waals surface area contributed by atoms with Gasteiger partial charge in [0.15, 0.2) is 0 Å². The topological polar surface area (TPSA) is 35.0 Å². The molecule has 0 bridgehead atoms. The average molecular weight is 379 g/mol. The summed E-state index contributed by atoms with van der Waals surface area (Å²) >= 11 is 3.38. The molecule has 4 rings (SSSR count). The highest BCUT2D eigenvalue weighted by molar-refractivity contribution is 7.99. The molecule has 0 aliphatic rings. The summed E-state index contributed by atoms with van der Waals surface area (Å²) in [5.41, 5.74) is 3.67. The minimum Gasteiger partial charge on any atom is -0.493 e. The van der Waals surface area contributed by atoms with E-state index < -0.39 is 0 Å². The second-order valence-corrected chi connectivity index (χ2v) is 7.83. The Morgan fingerprint density at radius 1 is 1.00 bits per heavy atom. The maximum absolute atomic E-state index is 5.79. The maximum Gasteiger partial charge on any atom is 0.128 e. The normalized spacial score (nSPS) is 11.0. The summed E-state index contributed by atoms with van der Waals surface area (Å²) < 4.78 is 5.79. The first-order valence-corrected chi connectivity index (χ1v) is 10.3. The molecule has 4 aromatic rings. The van der Waals surface area contributed by atoms with E-state index in [0.29, 0.717) is 6.61 Å². The highest BCUT2D eigenvalue weighted by Gasteiger charge is 2.13. The minimum atomic E-state index is 0.643. The lowest BCUT2D eigenvalue weighted by Crippen LogP contribution is -2.00. The lowest BCUT2D eigenvalue weighted by Gasteiger charge is -2.07. The fourth-order valence-electron chi connectivity index (χ4n) is 2.72. The van der Waals surface area contributed by atoms with Crippen LogP contribution in [0.1, 0.15) is 5.56 Å². The van der Waals surface area contributed by atoms with Gasteiger partial charge in [-0.15, -0.1) is 23.1 Å². The number of thioether (sulfide) groups is 1. The van der Waals surface area contributed by atoms with E-state index in [-0.39, 0.29) is 0 Å². The fraction of sp³-hybridized carbons (Fsp3) is 0.143. The van der Waals surface area contributed by atoms with Crippen molar-refractivity contribution in [2.75, 3.05) is 12.4 Å². The van der Waals surface area contributed by atoms with E-state index in [4.69, 9.17) is 4.74 Å². The van der Waals surface area contributed by atoms with Crippen LogP contribution in [-0.2, 0) is 0 Å². The number of thiophene rings is 1. The summed E-state index contributed by atoms with van der Waals surface area (Å²) in [6.07, 6.45) is 1.65. The van der Waals surface area contributed by atoms with E-state index in [9.17, 15) is 0 Å². The third kappa shape index (κ3) is 3.74. The molecule has 5 heteroatoms. The number of hydrogen-bond donors (Lipinski definition) is 0. The van der Waals surface area contributed by atoms with Gasteiger partial charge in [0.2, 0.25) is 0 Å². The molecule has 2 aromatic heterocycles. The highest BCUT2D eigenvalue weighted by Crippen LogP contribution is 2.37. The largest absolute Gasteiger partial charge is 0.493 e. The molecule has 0 aliphatic heterocycles. The standard InChI is InChI=1S/C21H18N2OS2/c1-15-7-9-16(10-8-15)18-13-26-21-19(18)20(22-14-23-21)25-12-11-24-17-5-3-2-4-6-17/h2-10,13-14H,11-12H2,1H3. The van der Waals surface area contributed by atoms with Crippen LogP contribution in [0.4, 0.5) is 0 Å². The van der Waals surface area contributed by atoms with Crippen LogP contribution < -0.4 is 4.74 Å². The van der Waals surface area contributed by atoms with Crippen molar-refractivity contribution < 1.29 is 4.74 Å². The summed E-state index contributed by atoms with van der Waals surface area (Å²) in [6, 6.07) is 18.5. The number of benzene rings is 2. The number of rotatable bonds is 6. The maximum atomic E-state index is 5.79. The van der Waals surface area contributed by atoms with E-state index >= 15 is 0 Å². The van der Waals surface area contributed by atoms with Crippen LogP contribution >= 0.6 is 23.1 Å². The fourth-order valence-corrected chi connectivity index (χ4v) is 4.53. The lowest BCUT2D eigenvalue weighted by molar-refractivity contribution is 0.344. The molecule has 26 heavy (non-hydrogen) atoms. The van der Waals surface area contributed by atoms with Crippen LogP contribution in [0.2, 0.25) is 0 Å². The van der Waals surface area contributed by atoms with Crippen molar-refractivity contribution >= 4 is 33.3 Å². The van der Waals surface area contributed by atoms with Crippen LogP contribution in [0.25, 0.3) is 21.3 Å². The molecule has 0 N–H and O–H groups in total. The van der Waals surface area contributed by atoms with Crippen molar-refractivity contribution in [3.05, 3.63) is 71.9 Å². The van der Waals surface area contributed by atoms with E-state index in [1.807, 2.05) is 30.3 Å². The molecule has 0 spiro atoms. The van der Waals surface area contributed by atoms with Gasteiger partial charge in [-0.3, -0.25) is 0 Å². The van der Waals surface area contributed by atoms with Gasteiger partial charge in [-0.1, -0.05) is 48.0 Å². The van der Waals surface area contributed by atoms with Crippen molar-refractivity contribution in [3.63, 3.8) is 0 Å². The Bertz CT molecular complexity index is 998. The Morgan fingerprint density at radius 2 is 1.81 bits per heavy atom. The van der Waals surface area contributed by atoms with Crippen molar-refractivity contribution in [3.8, 4) is 16.9 Å². The van der Waals surface area contributed by atoms with Crippen LogP contribution in [0.3, 0.4) is 0 Å². The zero-order valence-electron chi connectivity index (χ0n) is 14.4. The van der Waals surface area contributed by atoms with Gasteiger partial charge in [-0.05, 0) is 24.6 Å². The molecule has 0 aliphatic carbocycles. The molecule has 0 saturated carbocycles. The second-order valence-electron chi connectivity index (χ2n) is 5.88. The number of nitrogens with zero attached hydrogens (tertiary/aromatic N) is 2. The van der Waals surface area contributed by atoms with Crippen molar-refractivity contribution in [2.45, 2.75) is 11.9 Å². The van der Waals surface area contributed by atoms with Crippen molar-refractivity contribution in [2.24, 2.45) is 0 Å². The van der Waals surface area contributed by atoms with E-state index in [1.54, 1.807) is 29.4 Å². The number of aromatic nitrogens is 2. The molecular formula is C21H18N2OS2. The Kier molecular flexibility index (Phi) is 5.18. The first kappa shape index (κ1) is 17.1. The molecule has 0 radical (unpaired) electrons. The first-order chi connectivity index (χ1) is 12.8. The van der Waals surface area contributed by atoms with Gasteiger partial charge in [0, 0.05) is 16.7 Å². The van der Waals surface area contributed by atoms with Crippen LogP contribution in [0, 0.1) is 6.92 Å². The Morgan fingerprint density at radius 3 is 2.62 bits per heavy atom. The molecule has 0 atom stereocenters. The molecule has 0 amide bonds. The third-order valence-electron chi connectivity index (χ3n) is 4.03. The van der Waals surface area contributed by atoms with Gasteiger partial charge in [-0.25, -0.2) is 9.97 Å². The van der Waals surface area contributed by atoms with Gasteiger partial charge in [0.05, 0.1) is 12.0 Å². The number of para-hydroxylation sites is 1. The summed E-state index contributed by atoms with van der Waals surface area (Å²) in [4.78, 5) is 10.0. The highest BCUT2D eigenvalue weighted by atomic mass is 32.2. The Balaban J connectivity index is 1.53. The van der Waals surface area contributed by atoms with Crippen LogP contribution in [0.5, 0.6) is 5.75 Å². The molecule has 0 unspecified atom stereocenters. The van der Waals surface area contributed by atoms with E-state index in [0.717, 1.165) is 26.7 Å². The SMILES string of the molecule is Cc1ccc(-c2csc3ncnc(SCCOc4ccccc4)c23)cc1. The van der Waals surface area contributed by atoms with Crippen LogP contribution in [-0.4, -0.2) is 22.3 Å². The first-order valence-electron chi connectivity index (χ1n) is 8.41. The second kappa shape index (κ2) is 7.89. The van der Waals surface area contributed by atoms with Gasteiger partial charge in [0.25, 0.3) is 0 Å². The summed E-state index contributed by atoms with van der Waals surface area (Å²) in [5.74, 6) is 1.74. The number of ether oxygens (including phenoxy) is 1. The van der Waals surface area contributed by atoms with Crippen molar-refractivity contribution in [1.29, 1.82) is 0 Å². The van der Waals surface area contributed by atoms with E-state index in [2.05, 4.69) is 46.5 Å². The van der Waals surface area contributed by atoms with Gasteiger partial charge in [0.1, 0.15) is 21.9 Å². The Labute approximate surface area is 161 Å². The third-order valence-corrected chi connectivity index (χ3v) is 5.87.